The van der Waals surface area contributed by atoms with Crippen LogP contribution >= 0.6 is 0 Å². The van der Waals surface area contributed by atoms with Crippen LogP contribution in [-0.4, -0.2) is 39.9 Å². The van der Waals surface area contributed by atoms with Crippen LogP contribution in [0.15, 0.2) is 112 Å². The van der Waals surface area contributed by atoms with Gasteiger partial charge >= 0.3 is 10.1 Å². The first kappa shape index (κ1) is 32.0. The second-order valence-electron chi connectivity index (χ2n) is 9.77. The lowest BCUT2D eigenvalue weighted by Gasteiger charge is -2.18. The van der Waals surface area contributed by atoms with Gasteiger partial charge in [-0.3, -0.25) is 14.9 Å². The van der Waals surface area contributed by atoms with Crippen molar-refractivity contribution in [1.29, 1.82) is 0 Å². The lowest BCUT2D eigenvalue weighted by molar-refractivity contribution is -0.384. The largest absolute Gasteiger partial charge is 0.379 e. The SMILES string of the molecule is Cc1ccc(S(=O)(=O)NC(Cc2ccc(OS(=O)(=O)c3ccc(C)cc3)cc2)C(=O)NN=Cc2ccc([N+](=O)[O-])cc2)cc1. The van der Waals surface area contributed by atoms with Crippen molar-refractivity contribution in [3.05, 3.63) is 129 Å². The van der Waals surface area contributed by atoms with Gasteiger partial charge in [-0.25, -0.2) is 13.8 Å². The molecule has 0 radical (unpaired) electrons. The molecule has 0 aliphatic heterocycles. The van der Waals surface area contributed by atoms with Gasteiger partial charge in [0.1, 0.15) is 16.7 Å². The van der Waals surface area contributed by atoms with Gasteiger partial charge in [0.2, 0.25) is 10.0 Å². The lowest BCUT2D eigenvalue weighted by atomic mass is 10.1. The van der Waals surface area contributed by atoms with Crippen LogP contribution in [0.3, 0.4) is 0 Å². The third-order valence-electron chi connectivity index (χ3n) is 6.32. The van der Waals surface area contributed by atoms with E-state index in [9.17, 15) is 31.7 Å². The van der Waals surface area contributed by atoms with Gasteiger partial charge in [-0.2, -0.15) is 18.2 Å². The average molecular weight is 637 g/mol. The van der Waals surface area contributed by atoms with Gasteiger partial charge in [-0.15, -0.1) is 0 Å². The Kier molecular flexibility index (Phi) is 9.88. The van der Waals surface area contributed by atoms with E-state index in [1.54, 1.807) is 24.3 Å². The molecule has 4 rings (SSSR count). The normalized spacial score (nSPS) is 12.5. The minimum atomic E-state index is -4.13. The van der Waals surface area contributed by atoms with Crippen LogP contribution in [0.25, 0.3) is 0 Å². The number of nitro benzene ring substituents is 1. The van der Waals surface area contributed by atoms with Crippen LogP contribution in [0.1, 0.15) is 22.3 Å². The highest BCUT2D eigenvalue weighted by Crippen LogP contribution is 2.21. The van der Waals surface area contributed by atoms with Gasteiger partial charge in [-0.1, -0.05) is 47.5 Å². The fourth-order valence-corrected chi connectivity index (χ4v) is 6.01. The van der Waals surface area contributed by atoms with Crippen molar-refractivity contribution in [2.24, 2.45) is 5.10 Å². The Morgan fingerprint density at radius 1 is 0.841 bits per heavy atom. The number of hydrogen-bond acceptors (Lipinski definition) is 9. The Morgan fingerprint density at radius 3 is 1.93 bits per heavy atom. The molecule has 0 bridgehead atoms. The van der Waals surface area contributed by atoms with Crippen molar-refractivity contribution in [3.63, 3.8) is 0 Å². The van der Waals surface area contributed by atoms with Crippen LogP contribution in [0.4, 0.5) is 5.69 Å². The number of non-ortho nitro benzene ring substituents is 1. The summed E-state index contributed by atoms with van der Waals surface area (Å²) in [7, 11) is -8.21. The Balaban J connectivity index is 1.51. The first-order valence-electron chi connectivity index (χ1n) is 13.1. The average Bonchev–Trinajstić information content (AvgIpc) is 2.98. The summed E-state index contributed by atoms with van der Waals surface area (Å²) < 4.78 is 59.1. The van der Waals surface area contributed by atoms with E-state index in [-0.39, 0.29) is 27.6 Å². The van der Waals surface area contributed by atoms with Gasteiger partial charge in [0.25, 0.3) is 11.6 Å². The van der Waals surface area contributed by atoms with Crippen LogP contribution < -0.4 is 14.3 Å². The fraction of sp³-hybridized carbons (Fsp3) is 0.133. The standard InChI is InChI=1S/C30H28N4O8S2/c1-21-3-15-27(16-4-21)43(38,39)33-29(30(35)32-31-20-24-7-11-25(12-8-24)34(36)37)19-23-9-13-26(14-10-23)42-44(40,41)28-17-5-22(2)6-18-28/h3-18,20,29,33H,19H2,1-2H3,(H,32,35). The minimum absolute atomic E-state index is 0.0105. The predicted molar refractivity (Wildman–Crippen MR) is 163 cm³/mol. The molecule has 44 heavy (non-hydrogen) atoms. The number of carbonyl (C=O) groups is 1. The number of rotatable bonds is 12. The number of hydrazone groups is 1. The molecule has 1 unspecified atom stereocenters. The molecule has 12 nitrogen and oxygen atoms in total. The Hall–Kier alpha value is -4.92. The molecule has 0 fully saturated rings. The second-order valence-corrected chi connectivity index (χ2v) is 13.0. The predicted octanol–water partition coefficient (Wildman–Crippen LogP) is 4.02. The molecule has 14 heteroatoms. The summed E-state index contributed by atoms with van der Waals surface area (Å²) in [5.74, 6) is -0.746. The molecule has 0 saturated carbocycles. The summed E-state index contributed by atoms with van der Waals surface area (Å²) in [5.41, 5.74) is 4.89. The van der Waals surface area contributed by atoms with E-state index < -0.39 is 37.0 Å². The van der Waals surface area contributed by atoms with E-state index >= 15 is 0 Å². The van der Waals surface area contributed by atoms with Crippen LogP contribution in [0, 0.1) is 24.0 Å². The third-order valence-corrected chi connectivity index (χ3v) is 9.07. The molecular weight excluding hydrogens is 608 g/mol. The molecule has 0 aliphatic carbocycles. The number of aryl methyl sites for hydroxylation is 2. The maximum absolute atomic E-state index is 13.1. The first-order chi connectivity index (χ1) is 20.8. The van der Waals surface area contributed by atoms with Crippen molar-refractivity contribution < 1.29 is 30.7 Å². The zero-order valence-corrected chi connectivity index (χ0v) is 25.2. The van der Waals surface area contributed by atoms with Crippen molar-refractivity contribution in [2.75, 3.05) is 0 Å². The monoisotopic (exact) mass is 636 g/mol. The summed E-state index contributed by atoms with van der Waals surface area (Å²) in [6.07, 6.45) is 1.14. The van der Waals surface area contributed by atoms with Crippen LogP contribution in [0.5, 0.6) is 5.75 Å². The maximum Gasteiger partial charge on any atom is 0.339 e. The highest BCUT2D eigenvalue weighted by atomic mass is 32.2. The zero-order chi connectivity index (χ0) is 31.9. The Morgan fingerprint density at radius 2 is 1.39 bits per heavy atom. The molecule has 228 valence electrons. The van der Waals surface area contributed by atoms with Crippen LogP contribution in [-0.2, 0) is 31.4 Å². The number of hydrogen-bond donors (Lipinski definition) is 2. The fourth-order valence-electron chi connectivity index (χ4n) is 3.89. The Labute approximate surface area is 254 Å². The summed E-state index contributed by atoms with van der Waals surface area (Å²) in [6, 6.07) is 22.2. The number of nitro groups is 1. The van der Waals surface area contributed by atoms with E-state index in [0.29, 0.717) is 11.1 Å². The number of amides is 1. The maximum atomic E-state index is 13.1. The molecule has 4 aromatic rings. The highest BCUT2D eigenvalue weighted by molar-refractivity contribution is 7.89. The zero-order valence-electron chi connectivity index (χ0n) is 23.6. The second kappa shape index (κ2) is 13.6. The van der Waals surface area contributed by atoms with Crippen molar-refractivity contribution in [1.82, 2.24) is 10.1 Å². The van der Waals surface area contributed by atoms with Crippen molar-refractivity contribution >= 4 is 38.0 Å². The molecule has 0 aromatic heterocycles. The summed E-state index contributed by atoms with van der Waals surface area (Å²) in [5, 5.41) is 14.7. The van der Waals surface area contributed by atoms with Crippen molar-refractivity contribution in [3.8, 4) is 5.75 Å². The topological polar surface area (TPSA) is 174 Å². The smallest absolute Gasteiger partial charge is 0.339 e. The van der Waals surface area contributed by atoms with E-state index in [0.717, 1.165) is 11.1 Å². The summed E-state index contributed by atoms with van der Waals surface area (Å²) >= 11 is 0. The van der Waals surface area contributed by atoms with Gasteiger partial charge < -0.3 is 4.18 Å². The van der Waals surface area contributed by atoms with Gasteiger partial charge in [0.15, 0.2) is 0 Å². The van der Waals surface area contributed by atoms with Gasteiger partial charge in [-0.05, 0) is 79.9 Å². The minimum Gasteiger partial charge on any atom is -0.379 e. The summed E-state index contributed by atoms with van der Waals surface area (Å²) in [6.45, 7) is 3.64. The number of sulfonamides is 1. The molecule has 0 aliphatic rings. The lowest BCUT2D eigenvalue weighted by Crippen LogP contribution is -2.46. The van der Waals surface area contributed by atoms with Crippen molar-refractivity contribution in [2.45, 2.75) is 36.1 Å². The number of benzene rings is 4. The number of nitrogens with one attached hydrogen (secondary N) is 2. The van der Waals surface area contributed by atoms with E-state index in [1.807, 2.05) is 13.8 Å². The Bertz CT molecular complexity index is 1870. The highest BCUT2D eigenvalue weighted by Gasteiger charge is 2.26. The molecule has 1 amide bonds. The molecule has 1 atom stereocenters. The third kappa shape index (κ3) is 8.56. The number of nitrogens with zero attached hydrogens (tertiary/aromatic N) is 2. The van der Waals surface area contributed by atoms with Gasteiger partial charge in [0, 0.05) is 12.1 Å². The molecule has 0 saturated heterocycles. The van der Waals surface area contributed by atoms with E-state index in [1.165, 1.54) is 79.0 Å². The van der Waals surface area contributed by atoms with Gasteiger partial charge in [0.05, 0.1) is 16.0 Å². The molecule has 0 spiro atoms. The summed E-state index contributed by atoms with van der Waals surface area (Å²) in [4.78, 5) is 23.4. The number of carbonyl (C=O) groups excluding carboxylic acids is 1. The van der Waals surface area contributed by atoms with E-state index in [4.69, 9.17) is 4.18 Å². The van der Waals surface area contributed by atoms with Crippen LogP contribution in [0.2, 0.25) is 0 Å². The molecule has 4 aromatic carbocycles. The first-order valence-corrected chi connectivity index (χ1v) is 16.0. The molecule has 2 N–H and O–H groups in total. The molecule has 0 heterocycles. The quantitative estimate of drug-likeness (QED) is 0.101. The van der Waals surface area contributed by atoms with E-state index in [2.05, 4.69) is 15.2 Å². The molecular formula is C30H28N4O8S2.